The number of hydrogen-bond donors (Lipinski definition) is 1. The molecule has 6 heteroatoms. The van der Waals surface area contributed by atoms with Crippen molar-refractivity contribution in [1.29, 1.82) is 0 Å². The molecule has 1 aliphatic heterocycles. The molecule has 1 fully saturated rings. The average Bonchev–Trinajstić information content (AvgIpc) is 2.39. The lowest BCUT2D eigenvalue weighted by molar-refractivity contribution is -0.384. The Labute approximate surface area is 113 Å². The van der Waals surface area contributed by atoms with Gasteiger partial charge in [-0.3, -0.25) is 10.1 Å². The highest BCUT2D eigenvalue weighted by Gasteiger charge is 2.18. The van der Waals surface area contributed by atoms with E-state index in [1.54, 1.807) is 12.1 Å². The fourth-order valence-electron chi connectivity index (χ4n) is 2.21. The van der Waals surface area contributed by atoms with Crippen molar-refractivity contribution < 1.29 is 4.92 Å². The molecule has 0 aromatic heterocycles. The first-order chi connectivity index (χ1) is 8.20. The summed E-state index contributed by atoms with van der Waals surface area (Å²) in [6, 6.07) is 7.40. The quantitative estimate of drug-likeness (QED) is 0.676. The Kier molecular flexibility index (Phi) is 5.37. The number of anilines is 1. The van der Waals surface area contributed by atoms with Crippen LogP contribution in [0.1, 0.15) is 12.8 Å². The van der Waals surface area contributed by atoms with Gasteiger partial charge in [-0.25, -0.2) is 0 Å². The molecule has 100 valence electrons. The molecule has 18 heavy (non-hydrogen) atoms. The number of hydrogen-bond acceptors (Lipinski definition) is 4. The molecule has 0 saturated carbocycles. The van der Waals surface area contributed by atoms with Gasteiger partial charge < -0.3 is 10.2 Å². The minimum absolute atomic E-state index is 0. The lowest BCUT2D eigenvalue weighted by Crippen LogP contribution is -2.41. The van der Waals surface area contributed by atoms with E-state index in [2.05, 4.69) is 10.2 Å². The van der Waals surface area contributed by atoms with Crippen LogP contribution in [0, 0.1) is 10.1 Å². The van der Waals surface area contributed by atoms with Gasteiger partial charge in [-0.2, -0.15) is 0 Å². The third-order valence-corrected chi connectivity index (χ3v) is 3.33. The average molecular weight is 272 g/mol. The number of non-ortho nitro benzene ring substituents is 1. The van der Waals surface area contributed by atoms with E-state index in [1.165, 1.54) is 0 Å². The first kappa shape index (κ1) is 14.7. The van der Waals surface area contributed by atoms with E-state index >= 15 is 0 Å². The molecule has 0 radical (unpaired) electrons. The summed E-state index contributed by atoms with van der Waals surface area (Å²) in [5.41, 5.74) is 1.23. The van der Waals surface area contributed by atoms with Gasteiger partial charge >= 0.3 is 0 Å². The maximum absolute atomic E-state index is 10.6. The SMILES string of the molecule is CNC1CCN(c2ccc([N+](=O)[O-])cc2)CC1.Cl. The molecule has 0 amide bonds. The van der Waals surface area contributed by atoms with Crippen LogP contribution in [0.5, 0.6) is 0 Å². The summed E-state index contributed by atoms with van der Waals surface area (Å²) in [5, 5.41) is 13.8. The van der Waals surface area contributed by atoms with Gasteiger partial charge in [-0.05, 0) is 32.0 Å². The van der Waals surface area contributed by atoms with Crippen molar-refractivity contribution >= 4 is 23.8 Å². The van der Waals surface area contributed by atoms with E-state index in [4.69, 9.17) is 0 Å². The van der Waals surface area contributed by atoms with E-state index in [0.717, 1.165) is 31.6 Å². The molecule has 0 bridgehead atoms. The lowest BCUT2D eigenvalue weighted by atomic mass is 10.0. The first-order valence-corrected chi connectivity index (χ1v) is 5.87. The lowest BCUT2D eigenvalue weighted by Gasteiger charge is -2.33. The summed E-state index contributed by atoms with van der Waals surface area (Å²) >= 11 is 0. The molecule has 1 heterocycles. The predicted molar refractivity (Wildman–Crippen MR) is 74.6 cm³/mol. The summed E-state index contributed by atoms with van der Waals surface area (Å²) < 4.78 is 0. The summed E-state index contributed by atoms with van der Waals surface area (Å²) in [5.74, 6) is 0. The van der Waals surface area contributed by atoms with Crippen LogP contribution >= 0.6 is 12.4 Å². The van der Waals surface area contributed by atoms with Gasteiger partial charge in [0.25, 0.3) is 5.69 Å². The monoisotopic (exact) mass is 271 g/mol. The molecule has 0 unspecified atom stereocenters. The number of nitro benzene ring substituents is 1. The molecule has 5 nitrogen and oxygen atoms in total. The molecule has 1 aliphatic rings. The fourth-order valence-corrected chi connectivity index (χ4v) is 2.21. The van der Waals surface area contributed by atoms with E-state index in [0.29, 0.717) is 6.04 Å². The van der Waals surface area contributed by atoms with Gasteiger partial charge in [0.05, 0.1) is 4.92 Å². The molecule has 1 aromatic carbocycles. The number of nitro groups is 1. The highest BCUT2D eigenvalue weighted by Crippen LogP contribution is 2.22. The maximum atomic E-state index is 10.6. The van der Waals surface area contributed by atoms with Crippen molar-refractivity contribution in [3.63, 3.8) is 0 Å². The standard InChI is InChI=1S/C12H17N3O2.ClH/c1-13-10-6-8-14(9-7-10)11-2-4-12(5-3-11)15(16)17;/h2-5,10,13H,6-9H2,1H3;1H. The topological polar surface area (TPSA) is 58.4 Å². The predicted octanol–water partition coefficient (Wildman–Crippen LogP) is 2.20. The Morgan fingerprint density at radius 3 is 2.28 bits per heavy atom. The second-order valence-corrected chi connectivity index (χ2v) is 4.32. The Hall–Kier alpha value is -1.33. The van der Waals surface area contributed by atoms with Crippen molar-refractivity contribution in [2.24, 2.45) is 0 Å². The van der Waals surface area contributed by atoms with Gasteiger partial charge in [-0.1, -0.05) is 0 Å². The maximum Gasteiger partial charge on any atom is 0.269 e. The first-order valence-electron chi connectivity index (χ1n) is 5.87. The molecular formula is C12H18ClN3O2. The van der Waals surface area contributed by atoms with Gasteiger partial charge in [-0.15, -0.1) is 12.4 Å². The van der Waals surface area contributed by atoms with Crippen LogP contribution < -0.4 is 10.2 Å². The van der Waals surface area contributed by atoms with Crippen LogP contribution in [-0.2, 0) is 0 Å². The molecule has 2 rings (SSSR count). The van der Waals surface area contributed by atoms with Crippen LogP contribution in [0.15, 0.2) is 24.3 Å². The molecule has 1 N–H and O–H groups in total. The number of rotatable bonds is 3. The minimum Gasteiger partial charge on any atom is -0.371 e. The molecular weight excluding hydrogens is 254 g/mol. The van der Waals surface area contributed by atoms with E-state index < -0.39 is 0 Å². The van der Waals surface area contributed by atoms with E-state index in [-0.39, 0.29) is 23.0 Å². The number of nitrogens with zero attached hydrogens (tertiary/aromatic N) is 2. The Morgan fingerprint density at radius 1 is 1.28 bits per heavy atom. The third-order valence-electron chi connectivity index (χ3n) is 3.33. The van der Waals surface area contributed by atoms with Crippen molar-refractivity contribution in [3.8, 4) is 0 Å². The number of benzene rings is 1. The summed E-state index contributed by atoms with van der Waals surface area (Å²) in [6.07, 6.45) is 2.24. The van der Waals surface area contributed by atoms with E-state index in [9.17, 15) is 10.1 Å². The van der Waals surface area contributed by atoms with Crippen molar-refractivity contribution in [3.05, 3.63) is 34.4 Å². The van der Waals surface area contributed by atoms with Gasteiger partial charge in [0.2, 0.25) is 0 Å². The Balaban J connectivity index is 0.00000162. The number of nitrogens with one attached hydrogen (secondary N) is 1. The summed E-state index contributed by atoms with van der Waals surface area (Å²) in [4.78, 5) is 12.5. The van der Waals surface area contributed by atoms with Gasteiger partial charge in [0, 0.05) is 37.0 Å². The molecule has 0 atom stereocenters. The normalized spacial score (nSPS) is 16.2. The fraction of sp³-hybridized carbons (Fsp3) is 0.500. The van der Waals surface area contributed by atoms with Gasteiger partial charge in [0.1, 0.15) is 0 Å². The Morgan fingerprint density at radius 2 is 1.83 bits per heavy atom. The smallest absolute Gasteiger partial charge is 0.269 e. The summed E-state index contributed by atoms with van der Waals surface area (Å²) in [7, 11) is 1.99. The highest BCUT2D eigenvalue weighted by atomic mass is 35.5. The largest absolute Gasteiger partial charge is 0.371 e. The van der Waals surface area contributed by atoms with Crippen LogP contribution in [0.25, 0.3) is 0 Å². The van der Waals surface area contributed by atoms with Crippen molar-refractivity contribution in [1.82, 2.24) is 5.32 Å². The number of piperidine rings is 1. The minimum atomic E-state index is -0.364. The second-order valence-electron chi connectivity index (χ2n) is 4.32. The highest BCUT2D eigenvalue weighted by molar-refractivity contribution is 5.85. The number of halogens is 1. The molecule has 1 aromatic rings. The zero-order valence-electron chi connectivity index (χ0n) is 10.3. The Bertz CT molecular complexity index is 389. The third kappa shape index (κ3) is 3.34. The van der Waals surface area contributed by atoms with Crippen molar-refractivity contribution in [2.75, 3.05) is 25.0 Å². The van der Waals surface area contributed by atoms with Crippen LogP contribution in [-0.4, -0.2) is 31.1 Å². The van der Waals surface area contributed by atoms with E-state index in [1.807, 2.05) is 19.2 Å². The summed E-state index contributed by atoms with van der Waals surface area (Å²) in [6.45, 7) is 2.01. The van der Waals surface area contributed by atoms with Crippen molar-refractivity contribution in [2.45, 2.75) is 18.9 Å². The second kappa shape index (κ2) is 6.56. The molecule has 0 aliphatic carbocycles. The van der Waals surface area contributed by atoms with Crippen LogP contribution in [0.4, 0.5) is 11.4 Å². The molecule has 1 saturated heterocycles. The zero-order chi connectivity index (χ0) is 12.3. The zero-order valence-corrected chi connectivity index (χ0v) is 11.2. The molecule has 0 spiro atoms. The van der Waals surface area contributed by atoms with Crippen LogP contribution in [0.2, 0.25) is 0 Å². The van der Waals surface area contributed by atoms with Crippen LogP contribution in [0.3, 0.4) is 0 Å². The van der Waals surface area contributed by atoms with Gasteiger partial charge in [0.15, 0.2) is 0 Å².